The van der Waals surface area contributed by atoms with Crippen molar-refractivity contribution in [1.29, 1.82) is 0 Å². The van der Waals surface area contributed by atoms with Crippen LogP contribution in [0.2, 0.25) is 0 Å². The van der Waals surface area contributed by atoms with Gasteiger partial charge in [0.25, 0.3) is 15.7 Å². The van der Waals surface area contributed by atoms with E-state index in [2.05, 4.69) is 0 Å². The Bertz CT molecular complexity index is 720. The Morgan fingerprint density at radius 3 is 2.32 bits per heavy atom. The molecule has 1 heterocycles. The van der Waals surface area contributed by atoms with E-state index in [9.17, 15) is 13.2 Å². The molecule has 0 bridgehead atoms. The molecule has 5 nitrogen and oxygen atoms in total. The molecule has 0 aliphatic rings. The second-order valence-electron chi connectivity index (χ2n) is 4.21. The number of benzene rings is 1. The topological polar surface area (TPSA) is 76.4 Å². The van der Waals surface area contributed by atoms with Crippen LogP contribution in [0.25, 0.3) is 0 Å². The average Bonchev–Trinajstić information content (AvgIpc) is 2.32. The molecule has 1 aromatic heterocycles. The molecule has 0 aliphatic heterocycles. The van der Waals surface area contributed by atoms with Crippen molar-refractivity contribution in [3.05, 3.63) is 70.1 Å². The molecule has 1 N–H and O–H groups in total. The summed E-state index contributed by atoms with van der Waals surface area (Å²) >= 11 is 0. The van der Waals surface area contributed by atoms with E-state index in [1.165, 1.54) is 22.9 Å². The first kappa shape index (κ1) is 13.5. The molecule has 2 rings (SSSR count). The quantitative estimate of drug-likeness (QED) is 0.855. The van der Waals surface area contributed by atoms with E-state index in [0.717, 1.165) is 5.56 Å². The van der Waals surface area contributed by atoms with Crippen LogP contribution in [0.4, 0.5) is 0 Å². The van der Waals surface area contributed by atoms with Crippen molar-refractivity contribution in [2.75, 3.05) is 0 Å². The maximum Gasteiger partial charge on any atom is 0.269 e. The van der Waals surface area contributed by atoms with E-state index in [4.69, 9.17) is 4.55 Å². The van der Waals surface area contributed by atoms with Crippen LogP contribution < -0.4 is 5.56 Å². The zero-order valence-electron chi connectivity index (χ0n) is 10.1. The Hall–Kier alpha value is -1.92. The minimum atomic E-state index is -4.11. The number of rotatable bonds is 4. The highest BCUT2D eigenvalue weighted by molar-refractivity contribution is 7.85. The first-order valence-electron chi connectivity index (χ1n) is 5.62. The van der Waals surface area contributed by atoms with Gasteiger partial charge in [0, 0.05) is 12.3 Å². The molecular formula is C13H13NO4S. The van der Waals surface area contributed by atoms with E-state index in [1.54, 1.807) is 0 Å². The van der Waals surface area contributed by atoms with Gasteiger partial charge in [-0.2, -0.15) is 8.42 Å². The summed E-state index contributed by atoms with van der Waals surface area (Å²) in [6, 6.07) is 12.2. The van der Waals surface area contributed by atoms with E-state index in [0.29, 0.717) is 6.54 Å². The summed E-state index contributed by atoms with van der Waals surface area (Å²) in [7, 11) is -4.11. The van der Waals surface area contributed by atoms with Gasteiger partial charge in [-0.25, -0.2) is 0 Å². The van der Waals surface area contributed by atoms with Crippen molar-refractivity contribution < 1.29 is 13.0 Å². The summed E-state index contributed by atoms with van der Waals surface area (Å²) in [5, 5.41) is 0. The normalized spacial score (nSPS) is 11.4. The van der Waals surface area contributed by atoms with Gasteiger partial charge >= 0.3 is 0 Å². The van der Waals surface area contributed by atoms with Crippen molar-refractivity contribution in [2.24, 2.45) is 0 Å². The third-order valence-corrected chi connectivity index (χ3v) is 3.30. The standard InChI is InChI=1S/C13H13NO4S/c15-13-8-12(10-19(16,17)18)6-7-14(13)9-11-4-2-1-3-5-11/h1-8H,9-10H2,(H,16,17,18). The lowest BCUT2D eigenvalue weighted by Crippen LogP contribution is -2.20. The minimum Gasteiger partial charge on any atom is -0.311 e. The Labute approximate surface area is 110 Å². The van der Waals surface area contributed by atoms with Crippen molar-refractivity contribution in [1.82, 2.24) is 4.57 Å². The van der Waals surface area contributed by atoms with Gasteiger partial charge in [-0.1, -0.05) is 30.3 Å². The maximum absolute atomic E-state index is 11.8. The van der Waals surface area contributed by atoms with Crippen LogP contribution in [0.1, 0.15) is 11.1 Å². The first-order chi connectivity index (χ1) is 8.94. The molecular weight excluding hydrogens is 266 g/mol. The second-order valence-corrected chi connectivity index (χ2v) is 5.67. The van der Waals surface area contributed by atoms with Gasteiger partial charge in [-0.05, 0) is 17.2 Å². The Morgan fingerprint density at radius 1 is 1.05 bits per heavy atom. The monoisotopic (exact) mass is 279 g/mol. The molecule has 0 saturated carbocycles. The minimum absolute atomic E-state index is 0.275. The van der Waals surface area contributed by atoms with Crippen LogP contribution in [-0.2, 0) is 22.4 Å². The lowest BCUT2D eigenvalue weighted by Gasteiger charge is -2.06. The molecule has 0 atom stereocenters. The van der Waals surface area contributed by atoms with Gasteiger partial charge in [0.05, 0.1) is 6.54 Å². The van der Waals surface area contributed by atoms with Gasteiger partial charge in [0.1, 0.15) is 5.75 Å². The summed E-state index contributed by atoms with van der Waals surface area (Å²) < 4.78 is 31.7. The highest BCUT2D eigenvalue weighted by Crippen LogP contribution is 2.04. The molecule has 0 spiro atoms. The molecule has 6 heteroatoms. The zero-order valence-corrected chi connectivity index (χ0v) is 10.9. The van der Waals surface area contributed by atoms with Crippen molar-refractivity contribution >= 4 is 10.1 Å². The average molecular weight is 279 g/mol. The Morgan fingerprint density at radius 2 is 1.74 bits per heavy atom. The SMILES string of the molecule is O=c1cc(CS(=O)(=O)O)ccn1Cc1ccccc1. The fraction of sp³-hybridized carbons (Fsp3) is 0.154. The van der Waals surface area contributed by atoms with E-state index in [1.807, 2.05) is 30.3 Å². The highest BCUT2D eigenvalue weighted by Gasteiger charge is 2.08. The molecule has 0 radical (unpaired) electrons. The Kier molecular flexibility index (Phi) is 3.82. The molecule has 0 saturated heterocycles. The molecule has 1 aromatic carbocycles. The van der Waals surface area contributed by atoms with Gasteiger partial charge in [-0.3, -0.25) is 9.35 Å². The summed E-state index contributed by atoms with van der Waals surface area (Å²) in [5.74, 6) is -0.547. The molecule has 0 fully saturated rings. The second kappa shape index (κ2) is 5.38. The maximum atomic E-state index is 11.8. The van der Waals surface area contributed by atoms with Gasteiger partial charge < -0.3 is 4.57 Å². The summed E-state index contributed by atoms with van der Waals surface area (Å²) in [4.78, 5) is 11.8. The molecule has 100 valence electrons. The molecule has 0 amide bonds. The van der Waals surface area contributed by atoms with Gasteiger partial charge in [-0.15, -0.1) is 0 Å². The zero-order chi connectivity index (χ0) is 13.9. The van der Waals surface area contributed by atoms with Crippen molar-refractivity contribution in [2.45, 2.75) is 12.3 Å². The number of nitrogens with zero attached hydrogens (tertiary/aromatic N) is 1. The Balaban J connectivity index is 2.23. The lowest BCUT2D eigenvalue weighted by molar-refractivity contribution is 0.482. The fourth-order valence-corrected chi connectivity index (χ4v) is 2.36. The first-order valence-corrected chi connectivity index (χ1v) is 7.23. The highest BCUT2D eigenvalue weighted by atomic mass is 32.2. The van der Waals surface area contributed by atoms with Crippen LogP contribution in [-0.4, -0.2) is 17.5 Å². The molecule has 0 aliphatic carbocycles. The number of pyridine rings is 1. The van der Waals surface area contributed by atoms with E-state index >= 15 is 0 Å². The number of hydrogen-bond acceptors (Lipinski definition) is 3. The van der Waals surface area contributed by atoms with Crippen molar-refractivity contribution in [3.8, 4) is 0 Å². The number of aromatic nitrogens is 1. The summed E-state index contributed by atoms with van der Waals surface area (Å²) in [5.41, 5.74) is 0.953. The fourth-order valence-electron chi connectivity index (χ4n) is 1.76. The van der Waals surface area contributed by atoms with E-state index < -0.39 is 15.9 Å². The number of hydrogen-bond donors (Lipinski definition) is 1. The van der Waals surface area contributed by atoms with Crippen LogP contribution in [0.5, 0.6) is 0 Å². The van der Waals surface area contributed by atoms with Crippen LogP contribution >= 0.6 is 0 Å². The lowest BCUT2D eigenvalue weighted by atomic mass is 10.2. The smallest absolute Gasteiger partial charge is 0.269 e. The summed E-state index contributed by atoms with van der Waals surface area (Å²) in [6.07, 6.45) is 1.52. The van der Waals surface area contributed by atoms with Gasteiger partial charge in [0.2, 0.25) is 0 Å². The third kappa shape index (κ3) is 4.04. The van der Waals surface area contributed by atoms with Gasteiger partial charge in [0.15, 0.2) is 0 Å². The van der Waals surface area contributed by atoms with Crippen LogP contribution in [0, 0.1) is 0 Å². The predicted molar refractivity (Wildman–Crippen MR) is 71.5 cm³/mol. The molecule has 0 unspecified atom stereocenters. The summed E-state index contributed by atoms with van der Waals surface area (Å²) in [6.45, 7) is 0.422. The third-order valence-electron chi connectivity index (χ3n) is 2.61. The van der Waals surface area contributed by atoms with Crippen LogP contribution in [0.15, 0.2) is 53.5 Å². The predicted octanol–water partition coefficient (Wildman–Crippen LogP) is 1.28. The van der Waals surface area contributed by atoms with E-state index in [-0.39, 0.29) is 11.1 Å². The molecule has 19 heavy (non-hydrogen) atoms. The molecule has 2 aromatic rings. The van der Waals surface area contributed by atoms with Crippen LogP contribution in [0.3, 0.4) is 0 Å². The largest absolute Gasteiger partial charge is 0.311 e. The van der Waals surface area contributed by atoms with Crippen molar-refractivity contribution in [3.63, 3.8) is 0 Å².